The smallest absolute Gasteiger partial charge is 0.256 e. The van der Waals surface area contributed by atoms with Crippen molar-refractivity contribution in [2.24, 2.45) is 0 Å². The van der Waals surface area contributed by atoms with Crippen LogP contribution >= 0.6 is 0 Å². The van der Waals surface area contributed by atoms with E-state index >= 15 is 0 Å². The molecule has 1 unspecified atom stereocenters. The van der Waals surface area contributed by atoms with E-state index in [-0.39, 0.29) is 12.5 Å². The molecule has 1 aromatic carbocycles. The van der Waals surface area contributed by atoms with Gasteiger partial charge in [-0.05, 0) is 44.4 Å². The average molecular weight is 287 g/mol. The first-order valence-corrected chi connectivity index (χ1v) is 7.21. The van der Waals surface area contributed by atoms with Gasteiger partial charge >= 0.3 is 0 Å². The number of hydrogen-bond donors (Lipinski definition) is 2. The predicted molar refractivity (Wildman–Crippen MR) is 82.0 cm³/mol. The zero-order chi connectivity index (χ0) is 15.3. The molecule has 1 heterocycles. The van der Waals surface area contributed by atoms with Crippen molar-refractivity contribution in [3.8, 4) is 11.8 Å². The number of hydrogen-bond acceptors (Lipinski definition) is 3. The van der Waals surface area contributed by atoms with E-state index < -0.39 is 5.60 Å². The highest BCUT2D eigenvalue weighted by Gasteiger charge is 2.37. The highest BCUT2D eigenvalue weighted by atomic mass is 16.5. The normalized spacial score (nSPS) is 20.7. The van der Waals surface area contributed by atoms with Crippen LogP contribution in [0.2, 0.25) is 0 Å². The fraction of sp³-hybridized carbons (Fsp3) is 0.471. The maximum atomic E-state index is 12.3. The van der Waals surface area contributed by atoms with Crippen molar-refractivity contribution in [2.45, 2.75) is 38.7 Å². The second-order valence-electron chi connectivity index (χ2n) is 5.44. The van der Waals surface area contributed by atoms with Gasteiger partial charge in [0.05, 0.1) is 6.61 Å². The number of anilines is 1. The number of carbonyl (C=O) groups excluding carboxylic acids is 1. The molecule has 4 heteroatoms. The maximum Gasteiger partial charge on any atom is 0.256 e. The van der Waals surface area contributed by atoms with Crippen LogP contribution in [0.25, 0.3) is 0 Å². The van der Waals surface area contributed by atoms with Gasteiger partial charge in [-0.3, -0.25) is 4.79 Å². The van der Waals surface area contributed by atoms with Crippen LogP contribution in [0.4, 0.5) is 5.69 Å². The molecule has 0 aromatic heterocycles. The van der Waals surface area contributed by atoms with E-state index in [2.05, 4.69) is 17.2 Å². The first-order valence-electron chi connectivity index (χ1n) is 7.21. The Hall–Kier alpha value is -1.83. The molecule has 1 fully saturated rings. The molecule has 1 aromatic rings. The summed E-state index contributed by atoms with van der Waals surface area (Å²) in [5.41, 5.74) is 1.89. The maximum absolute atomic E-state index is 12.3. The summed E-state index contributed by atoms with van der Waals surface area (Å²) in [6, 6.07) is 5.65. The highest BCUT2D eigenvalue weighted by molar-refractivity contribution is 5.97. The molecular weight excluding hydrogens is 266 g/mol. The van der Waals surface area contributed by atoms with Crippen molar-refractivity contribution in [1.82, 2.24) is 0 Å². The van der Waals surface area contributed by atoms with E-state index in [1.54, 1.807) is 0 Å². The largest absolute Gasteiger partial charge is 0.395 e. The minimum Gasteiger partial charge on any atom is -0.395 e. The molecular formula is C17H21NO3. The summed E-state index contributed by atoms with van der Waals surface area (Å²) in [4.78, 5) is 12.3. The van der Waals surface area contributed by atoms with E-state index in [1.165, 1.54) is 0 Å². The fourth-order valence-electron chi connectivity index (χ4n) is 2.27. The van der Waals surface area contributed by atoms with Gasteiger partial charge in [0.1, 0.15) is 5.60 Å². The van der Waals surface area contributed by atoms with Gasteiger partial charge in [-0.15, -0.1) is 0 Å². The number of amides is 1. The third kappa shape index (κ3) is 3.84. The Morgan fingerprint density at radius 3 is 3.00 bits per heavy atom. The van der Waals surface area contributed by atoms with Gasteiger partial charge in [-0.1, -0.05) is 17.9 Å². The van der Waals surface area contributed by atoms with E-state index in [0.717, 1.165) is 29.7 Å². The minimum atomic E-state index is -0.729. The molecule has 2 N–H and O–H groups in total. The van der Waals surface area contributed by atoms with Crippen LogP contribution in [0.5, 0.6) is 0 Å². The zero-order valence-electron chi connectivity index (χ0n) is 12.5. The van der Waals surface area contributed by atoms with Crippen molar-refractivity contribution < 1.29 is 14.6 Å². The van der Waals surface area contributed by atoms with E-state index in [0.29, 0.717) is 13.0 Å². The highest BCUT2D eigenvalue weighted by Crippen LogP contribution is 2.27. The van der Waals surface area contributed by atoms with Crippen LogP contribution in [0.3, 0.4) is 0 Å². The monoisotopic (exact) mass is 287 g/mol. The molecule has 0 aliphatic carbocycles. The second kappa shape index (κ2) is 6.75. The van der Waals surface area contributed by atoms with Gasteiger partial charge in [0, 0.05) is 24.3 Å². The Kier molecular flexibility index (Phi) is 5.00. The third-order valence-corrected chi connectivity index (χ3v) is 3.65. The molecule has 0 bridgehead atoms. The van der Waals surface area contributed by atoms with E-state index in [1.807, 2.05) is 32.0 Å². The molecule has 0 saturated carbocycles. The predicted octanol–water partition coefficient (Wildman–Crippen LogP) is 2.24. The Labute approximate surface area is 125 Å². The molecule has 0 radical (unpaired) electrons. The lowest BCUT2D eigenvalue weighted by molar-refractivity contribution is -0.133. The molecule has 0 spiro atoms. The van der Waals surface area contributed by atoms with Gasteiger partial charge in [-0.25, -0.2) is 0 Å². The molecule has 1 amide bonds. The molecule has 2 rings (SSSR count). The number of nitrogens with one attached hydrogen (secondary N) is 1. The summed E-state index contributed by atoms with van der Waals surface area (Å²) in [7, 11) is 0. The fourth-order valence-corrected chi connectivity index (χ4v) is 2.27. The van der Waals surface area contributed by atoms with Gasteiger partial charge in [0.25, 0.3) is 5.91 Å². The lowest BCUT2D eigenvalue weighted by Crippen LogP contribution is -2.39. The summed E-state index contributed by atoms with van der Waals surface area (Å²) < 4.78 is 5.54. The molecule has 1 atom stereocenters. The zero-order valence-corrected chi connectivity index (χ0v) is 12.5. The Bertz CT molecular complexity index is 577. The Morgan fingerprint density at radius 1 is 1.52 bits per heavy atom. The molecule has 1 aliphatic heterocycles. The number of aryl methyl sites for hydroxylation is 1. The van der Waals surface area contributed by atoms with Crippen molar-refractivity contribution in [2.75, 3.05) is 18.5 Å². The van der Waals surface area contributed by atoms with Crippen molar-refractivity contribution >= 4 is 11.6 Å². The average Bonchev–Trinajstić information content (AvgIpc) is 2.91. The van der Waals surface area contributed by atoms with Crippen molar-refractivity contribution in [3.05, 3.63) is 29.3 Å². The standard InChI is InChI=1S/C17H21NO3/c1-13-7-8-15(12-14(13)6-3-4-10-19)18-16(20)17(2)9-5-11-21-17/h7-8,12,19H,4-5,9-11H2,1-2H3,(H,18,20). The van der Waals surface area contributed by atoms with Gasteiger partial charge in [0.2, 0.25) is 0 Å². The molecule has 1 saturated heterocycles. The molecule has 1 aliphatic rings. The quantitative estimate of drug-likeness (QED) is 0.838. The summed E-state index contributed by atoms with van der Waals surface area (Å²) >= 11 is 0. The van der Waals surface area contributed by atoms with Crippen LogP contribution in [-0.2, 0) is 9.53 Å². The Balaban J connectivity index is 2.12. The summed E-state index contributed by atoms with van der Waals surface area (Å²) in [5, 5.41) is 11.7. The van der Waals surface area contributed by atoms with Crippen LogP contribution in [-0.4, -0.2) is 29.8 Å². The number of ether oxygens (including phenoxy) is 1. The number of aliphatic hydroxyl groups is 1. The number of benzene rings is 1. The first kappa shape index (κ1) is 15.6. The van der Waals surface area contributed by atoms with Crippen LogP contribution in [0.15, 0.2) is 18.2 Å². The SMILES string of the molecule is Cc1ccc(NC(=O)C2(C)CCCO2)cc1C#CCCO. The lowest BCUT2D eigenvalue weighted by Gasteiger charge is -2.22. The summed E-state index contributed by atoms with van der Waals surface area (Å²) in [6.07, 6.45) is 2.10. The van der Waals surface area contributed by atoms with Gasteiger partial charge < -0.3 is 15.2 Å². The van der Waals surface area contributed by atoms with Crippen LogP contribution < -0.4 is 5.32 Å². The molecule has 4 nitrogen and oxygen atoms in total. The summed E-state index contributed by atoms with van der Waals surface area (Å²) in [6.45, 7) is 4.48. The van der Waals surface area contributed by atoms with Crippen LogP contribution in [0.1, 0.15) is 37.3 Å². The number of carbonyl (C=O) groups is 1. The second-order valence-corrected chi connectivity index (χ2v) is 5.44. The van der Waals surface area contributed by atoms with E-state index in [9.17, 15) is 4.79 Å². The molecule has 21 heavy (non-hydrogen) atoms. The topological polar surface area (TPSA) is 58.6 Å². The van der Waals surface area contributed by atoms with Crippen molar-refractivity contribution in [3.63, 3.8) is 0 Å². The summed E-state index contributed by atoms with van der Waals surface area (Å²) in [5.74, 6) is 5.80. The van der Waals surface area contributed by atoms with Crippen LogP contribution in [0, 0.1) is 18.8 Å². The number of rotatable bonds is 3. The lowest BCUT2D eigenvalue weighted by atomic mass is 10.0. The molecule has 112 valence electrons. The third-order valence-electron chi connectivity index (χ3n) is 3.65. The van der Waals surface area contributed by atoms with Gasteiger partial charge in [0.15, 0.2) is 0 Å². The Morgan fingerprint density at radius 2 is 2.33 bits per heavy atom. The van der Waals surface area contributed by atoms with Gasteiger partial charge in [-0.2, -0.15) is 0 Å². The minimum absolute atomic E-state index is 0.0537. The first-order chi connectivity index (χ1) is 10.0. The number of aliphatic hydroxyl groups excluding tert-OH is 1. The van der Waals surface area contributed by atoms with Crippen molar-refractivity contribution in [1.29, 1.82) is 0 Å². The van der Waals surface area contributed by atoms with E-state index in [4.69, 9.17) is 9.84 Å².